The summed E-state index contributed by atoms with van der Waals surface area (Å²) >= 11 is 0. The zero-order chi connectivity index (χ0) is 39.7. The topological polar surface area (TPSA) is 78.9 Å². The predicted octanol–water partition coefficient (Wildman–Crippen LogP) is 15.0. The highest BCUT2D eigenvalue weighted by atomic mass is 16.6. The maximum absolute atomic E-state index is 12.7. The van der Waals surface area contributed by atoms with Crippen LogP contribution < -0.4 is 0 Å². The van der Waals surface area contributed by atoms with E-state index in [2.05, 4.69) is 34.6 Å². The Hall–Kier alpha value is -1.59. The van der Waals surface area contributed by atoms with Gasteiger partial charge in [-0.25, -0.2) is 0 Å². The van der Waals surface area contributed by atoms with Crippen molar-refractivity contribution in [2.24, 2.45) is 11.8 Å². The van der Waals surface area contributed by atoms with E-state index in [0.29, 0.717) is 19.3 Å². The van der Waals surface area contributed by atoms with Crippen LogP contribution in [0.15, 0.2) is 0 Å². The highest BCUT2D eigenvalue weighted by molar-refractivity contribution is 5.71. The number of esters is 3. The molecular formula is C48H92O6. The number of rotatable bonds is 42. The van der Waals surface area contributed by atoms with E-state index in [4.69, 9.17) is 14.2 Å². The Labute approximate surface area is 336 Å². The molecule has 0 radical (unpaired) electrons. The minimum Gasteiger partial charge on any atom is -0.462 e. The van der Waals surface area contributed by atoms with Crippen molar-refractivity contribution >= 4 is 17.9 Å². The zero-order valence-corrected chi connectivity index (χ0v) is 36.8. The summed E-state index contributed by atoms with van der Waals surface area (Å²) < 4.78 is 16.7. The smallest absolute Gasteiger partial charge is 0.306 e. The zero-order valence-electron chi connectivity index (χ0n) is 36.8. The van der Waals surface area contributed by atoms with Gasteiger partial charge in [-0.05, 0) is 31.1 Å². The summed E-state index contributed by atoms with van der Waals surface area (Å²) in [6.45, 7) is 11.3. The fourth-order valence-electron chi connectivity index (χ4n) is 7.07. The highest BCUT2D eigenvalue weighted by Crippen LogP contribution is 2.17. The van der Waals surface area contributed by atoms with Crippen molar-refractivity contribution in [3.8, 4) is 0 Å². The van der Waals surface area contributed by atoms with Crippen molar-refractivity contribution in [2.45, 2.75) is 265 Å². The molecule has 2 atom stereocenters. The van der Waals surface area contributed by atoms with Crippen molar-refractivity contribution in [2.75, 3.05) is 13.2 Å². The Morgan fingerprint density at radius 3 is 1.06 bits per heavy atom. The Morgan fingerprint density at radius 2 is 0.704 bits per heavy atom. The average Bonchev–Trinajstić information content (AvgIpc) is 3.15. The molecule has 320 valence electrons. The van der Waals surface area contributed by atoms with Crippen molar-refractivity contribution in [1.82, 2.24) is 0 Å². The Morgan fingerprint density at radius 1 is 0.389 bits per heavy atom. The van der Waals surface area contributed by atoms with Gasteiger partial charge in [-0.2, -0.15) is 0 Å². The molecule has 0 spiro atoms. The number of hydrogen-bond acceptors (Lipinski definition) is 6. The molecule has 6 heteroatoms. The maximum Gasteiger partial charge on any atom is 0.306 e. The first kappa shape index (κ1) is 52.4. The average molecular weight is 765 g/mol. The monoisotopic (exact) mass is 765 g/mol. The summed E-state index contributed by atoms with van der Waals surface area (Å²) in [6, 6.07) is 0. The fraction of sp³-hybridized carbons (Fsp3) is 0.938. The van der Waals surface area contributed by atoms with Crippen molar-refractivity contribution in [1.29, 1.82) is 0 Å². The van der Waals surface area contributed by atoms with E-state index in [9.17, 15) is 14.4 Å². The minimum absolute atomic E-state index is 0.0654. The fourth-order valence-corrected chi connectivity index (χ4v) is 7.07. The molecule has 0 aliphatic heterocycles. The molecule has 0 aromatic carbocycles. The van der Waals surface area contributed by atoms with Gasteiger partial charge >= 0.3 is 17.9 Å². The Bertz CT molecular complexity index is 826. The molecule has 0 heterocycles. The molecule has 0 fully saturated rings. The molecule has 0 aromatic rings. The summed E-state index contributed by atoms with van der Waals surface area (Å²) in [6.07, 6.45) is 39.4. The summed E-state index contributed by atoms with van der Waals surface area (Å²) in [5.41, 5.74) is 0. The number of unbranched alkanes of at least 4 members (excludes halogenated alkanes) is 26. The van der Waals surface area contributed by atoms with E-state index in [1.165, 1.54) is 148 Å². The van der Waals surface area contributed by atoms with E-state index in [0.717, 1.165) is 69.6 Å². The summed E-state index contributed by atoms with van der Waals surface area (Å²) in [5, 5.41) is 0. The van der Waals surface area contributed by atoms with Crippen LogP contribution in [-0.4, -0.2) is 37.2 Å². The number of hydrogen-bond donors (Lipinski definition) is 0. The first-order valence-electron chi connectivity index (χ1n) is 23.8. The van der Waals surface area contributed by atoms with Crippen LogP contribution >= 0.6 is 0 Å². The van der Waals surface area contributed by atoms with Gasteiger partial charge in [-0.3, -0.25) is 14.4 Å². The molecule has 0 rings (SSSR count). The van der Waals surface area contributed by atoms with E-state index in [-0.39, 0.29) is 31.1 Å². The number of carbonyl (C=O) groups is 3. The second-order valence-corrected chi connectivity index (χ2v) is 17.1. The van der Waals surface area contributed by atoms with E-state index in [1.807, 2.05) is 0 Å². The molecule has 54 heavy (non-hydrogen) atoms. The van der Waals surface area contributed by atoms with Gasteiger partial charge in [0, 0.05) is 19.3 Å². The lowest BCUT2D eigenvalue weighted by Gasteiger charge is -2.18. The molecule has 0 aromatic heterocycles. The number of ether oxygens (including phenoxy) is 3. The first-order valence-corrected chi connectivity index (χ1v) is 23.8. The molecule has 0 amide bonds. The van der Waals surface area contributed by atoms with Gasteiger partial charge in [-0.1, -0.05) is 221 Å². The number of carbonyl (C=O) groups excluding carboxylic acids is 3. The van der Waals surface area contributed by atoms with E-state index in [1.54, 1.807) is 0 Å². The molecule has 6 nitrogen and oxygen atoms in total. The third-order valence-corrected chi connectivity index (χ3v) is 11.1. The minimum atomic E-state index is -0.761. The van der Waals surface area contributed by atoms with Crippen LogP contribution in [0.2, 0.25) is 0 Å². The summed E-state index contributed by atoms with van der Waals surface area (Å²) in [7, 11) is 0. The normalized spacial score (nSPS) is 12.6. The van der Waals surface area contributed by atoms with Crippen LogP contribution in [-0.2, 0) is 28.6 Å². The van der Waals surface area contributed by atoms with Gasteiger partial charge in [0.25, 0.3) is 0 Å². The van der Waals surface area contributed by atoms with Gasteiger partial charge in [0.1, 0.15) is 13.2 Å². The Balaban J connectivity index is 4.34. The molecule has 0 saturated carbocycles. The Kier molecular flexibility index (Phi) is 39.8. The van der Waals surface area contributed by atoms with Crippen molar-refractivity contribution in [3.63, 3.8) is 0 Å². The van der Waals surface area contributed by atoms with Crippen LogP contribution in [0.1, 0.15) is 259 Å². The molecule has 0 aliphatic rings. The third-order valence-electron chi connectivity index (χ3n) is 11.1. The highest BCUT2D eigenvalue weighted by Gasteiger charge is 2.19. The van der Waals surface area contributed by atoms with Gasteiger partial charge in [0.15, 0.2) is 6.10 Å². The van der Waals surface area contributed by atoms with Gasteiger partial charge in [-0.15, -0.1) is 0 Å². The van der Waals surface area contributed by atoms with Crippen LogP contribution in [0.25, 0.3) is 0 Å². The first-order chi connectivity index (χ1) is 26.3. The summed E-state index contributed by atoms with van der Waals surface area (Å²) in [4.78, 5) is 37.8. The summed E-state index contributed by atoms with van der Waals surface area (Å²) in [5.74, 6) is 0.765. The predicted molar refractivity (Wildman–Crippen MR) is 229 cm³/mol. The molecule has 1 unspecified atom stereocenters. The van der Waals surface area contributed by atoms with Crippen LogP contribution in [0.4, 0.5) is 0 Å². The van der Waals surface area contributed by atoms with Crippen LogP contribution in [0, 0.1) is 11.8 Å². The van der Waals surface area contributed by atoms with Gasteiger partial charge in [0.2, 0.25) is 0 Å². The third kappa shape index (κ3) is 40.1. The molecule has 0 N–H and O–H groups in total. The standard InChI is InChI=1S/C48H92O6/c1-6-8-9-10-11-12-13-14-15-16-19-23-30-35-40-48(51)54-45(42-53-47(50)39-34-29-25-24-27-32-37-44(5)7-2)41-52-46(49)38-33-28-22-20-17-18-21-26-31-36-43(3)4/h43-45H,6-42H2,1-5H3/t44?,45-/m1/s1. The maximum atomic E-state index is 12.7. The van der Waals surface area contributed by atoms with Crippen LogP contribution in [0.5, 0.6) is 0 Å². The lowest BCUT2D eigenvalue weighted by Crippen LogP contribution is -2.30. The molecule has 0 aliphatic carbocycles. The van der Waals surface area contributed by atoms with Crippen LogP contribution in [0.3, 0.4) is 0 Å². The molecule has 0 bridgehead atoms. The lowest BCUT2D eigenvalue weighted by molar-refractivity contribution is -0.167. The molecular weight excluding hydrogens is 673 g/mol. The van der Waals surface area contributed by atoms with E-state index < -0.39 is 6.10 Å². The van der Waals surface area contributed by atoms with Gasteiger partial charge < -0.3 is 14.2 Å². The largest absolute Gasteiger partial charge is 0.462 e. The second kappa shape index (κ2) is 41.1. The molecule has 0 saturated heterocycles. The SMILES string of the molecule is CCCCCCCCCCCCCCCCC(=O)O[C@H](COC(=O)CCCCCCCCCCCC(C)C)COC(=O)CCCCCCCCC(C)CC. The van der Waals surface area contributed by atoms with Crippen molar-refractivity contribution in [3.05, 3.63) is 0 Å². The quantitative estimate of drug-likeness (QED) is 0.0350. The van der Waals surface area contributed by atoms with E-state index >= 15 is 0 Å². The van der Waals surface area contributed by atoms with Gasteiger partial charge in [0.05, 0.1) is 0 Å². The van der Waals surface area contributed by atoms with Crippen molar-refractivity contribution < 1.29 is 28.6 Å². The lowest BCUT2D eigenvalue weighted by atomic mass is 10.00. The second-order valence-electron chi connectivity index (χ2n) is 17.1.